The van der Waals surface area contributed by atoms with Gasteiger partial charge in [0.15, 0.2) is 0 Å². The lowest BCUT2D eigenvalue weighted by atomic mass is 10.0. The Bertz CT molecular complexity index is 1230. The van der Waals surface area contributed by atoms with E-state index in [1.54, 1.807) is 12.1 Å². The SMILES string of the molecule is Cc1ccc(C(C)C)c(OCCN2C(=O)S/C(=C\c3ccc(-c4cccc(Br)c4)o3)C2=O)c1. The first-order valence-corrected chi connectivity index (χ1v) is 12.3. The Kier molecular flexibility index (Phi) is 7.10. The molecule has 1 aliphatic rings. The third-order valence-electron chi connectivity index (χ3n) is 5.25. The van der Waals surface area contributed by atoms with Crippen molar-refractivity contribution in [2.45, 2.75) is 26.7 Å². The van der Waals surface area contributed by atoms with E-state index in [0.29, 0.717) is 22.3 Å². The number of amides is 2. The zero-order valence-electron chi connectivity index (χ0n) is 18.6. The summed E-state index contributed by atoms with van der Waals surface area (Å²) in [5.74, 6) is 1.99. The summed E-state index contributed by atoms with van der Waals surface area (Å²) in [6, 6.07) is 17.5. The number of ether oxygens (including phenoxy) is 1. The molecule has 0 atom stereocenters. The molecule has 0 spiro atoms. The van der Waals surface area contributed by atoms with Crippen LogP contribution in [-0.4, -0.2) is 29.2 Å². The van der Waals surface area contributed by atoms with Gasteiger partial charge in [-0.05, 0) is 66.1 Å². The maximum Gasteiger partial charge on any atom is 0.293 e. The van der Waals surface area contributed by atoms with E-state index in [0.717, 1.165) is 38.7 Å². The summed E-state index contributed by atoms with van der Waals surface area (Å²) >= 11 is 4.37. The van der Waals surface area contributed by atoms with E-state index in [2.05, 4.69) is 41.9 Å². The van der Waals surface area contributed by atoms with Crippen molar-refractivity contribution in [1.29, 1.82) is 0 Å². The largest absolute Gasteiger partial charge is 0.491 e. The third kappa shape index (κ3) is 5.42. The van der Waals surface area contributed by atoms with Gasteiger partial charge in [-0.1, -0.05) is 54.0 Å². The molecule has 4 rings (SSSR count). The van der Waals surface area contributed by atoms with Crippen molar-refractivity contribution < 1.29 is 18.7 Å². The maximum atomic E-state index is 12.8. The number of carbonyl (C=O) groups excluding carboxylic acids is 2. The highest BCUT2D eigenvalue weighted by molar-refractivity contribution is 9.10. The second kappa shape index (κ2) is 10.0. The fourth-order valence-corrected chi connectivity index (χ4v) is 4.78. The third-order valence-corrected chi connectivity index (χ3v) is 6.65. The Morgan fingerprint density at radius 1 is 1.12 bits per heavy atom. The Morgan fingerprint density at radius 2 is 1.94 bits per heavy atom. The van der Waals surface area contributed by atoms with Gasteiger partial charge < -0.3 is 9.15 Å². The molecule has 2 heterocycles. The molecule has 2 aromatic carbocycles. The first-order valence-electron chi connectivity index (χ1n) is 10.7. The lowest BCUT2D eigenvalue weighted by Gasteiger charge is -2.17. The summed E-state index contributed by atoms with van der Waals surface area (Å²) in [7, 11) is 0. The molecule has 0 radical (unpaired) electrons. The number of carbonyl (C=O) groups is 2. The highest BCUT2D eigenvalue weighted by Gasteiger charge is 2.35. The van der Waals surface area contributed by atoms with Crippen LogP contribution in [-0.2, 0) is 4.79 Å². The van der Waals surface area contributed by atoms with E-state index in [9.17, 15) is 9.59 Å². The smallest absolute Gasteiger partial charge is 0.293 e. The van der Waals surface area contributed by atoms with Crippen molar-refractivity contribution in [1.82, 2.24) is 4.90 Å². The molecule has 0 bridgehead atoms. The van der Waals surface area contributed by atoms with Crippen molar-refractivity contribution in [3.8, 4) is 17.1 Å². The molecule has 1 fully saturated rings. The van der Waals surface area contributed by atoms with Crippen LogP contribution in [0.4, 0.5) is 4.79 Å². The highest BCUT2D eigenvalue weighted by Crippen LogP contribution is 2.34. The number of furan rings is 1. The van der Waals surface area contributed by atoms with E-state index < -0.39 is 0 Å². The molecule has 0 saturated carbocycles. The summed E-state index contributed by atoms with van der Waals surface area (Å²) in [6.45, 7) is 6.65. The number of benzene rings is 2. The molecular formula is C26H24BrNO4S. The molecule has 1 aromatic heterocycles. The van der Waals surface area contributed by atoms with E-state index in [1.807, 2.05) is 43.3 Å². The molecule has 3 aromatic rings. The first-order chi connectivity index (χ1) is 15.8. The average molecular weight is 526 g/mol. The zero-order valence-corrected chi connectivity index (χ0v) is 21.0. The van der Waals surface area contributed by atoms with Gasteiger partial charge in [0.1, 0.15) is 23.9 Å². The monoisotopic (exact) mass is 525 g/mol. The standard InChI is InChI=1S/C26H24BrNO4S/c1-16(2)21-9-7-17(3)13-23(21)31-12-11-28-25(29)24(33-26(28)30)15-20-8-10-22(32-20)18-5-4-6-19(27)14-18/h4-10,13-16H,11-12H2,1-3H3/b24-15-. The number of nitrogens with zero attached hydrogens (tertiary/aromatic N) is 1. The molecule has 7 heteroatoms. The Labute approximate surface area is 205 Å². The van der Waals surface area contributed by atoms with Gasteiger partial charge >= 0.3 is 0 Å². The quantitative estimate of drug-likeness (QED) is 0.304. The molecule has 1 saturated heterocycles. The van der Waals surface area contributed by atoms with Crippen LogP contribution >= 0.6 is 27.7 Å². The van der Waals surface area contributed by atoms with Crippen molar-refractivity contribution in [3.05, 3.63) is 80.9 Å². The number of rotatable bonds is 7. The molecule has 33 heavy (non-hydrogen) atoms. The average Bonchev–Trinajstić information content (AvgIpc) is 3.34. The second-order valence-corrected chi connectivity index (χ2v) is 10.00. The predicted molar refractivity (Wildman–Crippen MR) is 135 cm³/mol. The second-order valence-electron chi connectivity index (χ2n) is 8.09. The van der Waals surface area contributed by atoms with Crippen LogP contribution in [0, 0.1) is 6.92 Å². The van der Waals surface area contributed by atoms with Crippen molar-refractivity contribution in [3.63, 3.8) is 0 Å². The lowest BCUT2D eigenvalue weighted by Crippen LogP contribution is -2.32. The minimum atomic E-state index is -0.331. The molecule has 0 N–H and O–H groups in total. The molecule has 0 aliphatic carbocycles. The topological polar surface area (TPSA) is 59.8 Å². The van der Waals surface area contributed by atoms with Gasteiger partial charge in [0.2, 0.25) is 0 Å². The minimum Gasteiger partial charge on any atom is -0.491 e. The van der Waals surface area contributed by atoms with E-state index in [-0.39, 0.29) is 24.3 Å². The van der Waals surface area contributed by atoms with Gasteiger partial charge in [-0.15, -0.1) is 0 Å². The van der Waals surface area contributed by atoms with Crippen LogP contribution in [0.3, 0.4) is 0 Å². The van der Waals surface area contributed by atoms with Gasteiger partial charge in [0.25, 0.3) is 11.1 Å². The van der Waals surface area contributed by atoms with Crippen LogP contribution in [0.5, 0.6) is 5.75 Å². The number of hydrogen-bond donors (Lipinski definition) is 0. The van der Waals surface area contributed by atoms with Gasteiger partial charge in [-0.3, -0.25) is 14.5 Å². The summed E-state index contributed by atoms with van der Waals surface area (Å²) in [6.07, 6.45) is 1.62. The van der Waals surface area contributed by atoms with Crippen LogP contribution < -0.4 is 4.74 Å². The first kappa shape index (κ1) is 23.4. The number of aryl methyl sites for hydroxylation is 1. The van der Waals surface area contributed by atoms with Crippen molar-refractivity contribution in [2.24, 2.45) is 0 Å². The van der Waals surface area contributed by atoms with Crippen LogP contribution in [0.25, 0.3) is 17.4 Å². The fraction of sp³-hybridized carbons (Fsp3) is 0.231. The minimum absolute atomic E-state index is 0.189. The van der Waals surface area contributed by atoms with Gasteiger partial charge in [-0.2, -0.15) is 0 Å². The van der Waals surface area contributed by atoms with Gasteiger partial charge in [0, 0.05) is 16.1 Å². The number of halogens is 1. The van der Waals surface area contributed by atoms with Gasteiger partial charge in [0.05, 0.1) is 11.4 Å². The molecule has 2 amide bonds. The van der Waals surface area contributed by atoms with E-state index in [1.165, 1.54) is 4.90 Å². The van der Waals surface area contributed by atoms with E-state index >= 15 is 0 Å². The van der Waals surface area contributed by atoms with Gasteiger partial charge in [-0.25, -0.2) is 0 Å². The number of imide groups is 1. The van der Waals surface area contributed by atoms with E-state index in [4.69, 9.17) is 9.15 Å². The Hall–Kier alpha value is -2.77. The maximum absolute atomic E-state index is 12.8. The predicted octanol–water partition coefficient (Wildman–Crippen LogP) is 7.26. The summed E-state index contributed by atoms with van der Waals surface area (Å²) in [5, 5.41) is -0.304. The molecule has 170 valence electrons. The Balaban J connectivity index is 1.42. The summed E-state index contributed by atoms with van der Waals surface area (Å²) in [5.41, 5.74) is 3.13. The molecule has 5 nitrogen and oxygen atoms in total. The number of thioether (sulfide) groups is 1. The fourth-order valence-electron chi connectivity index (χ4n) is 3.54. The van der Waals surface area contributed by atoms with Crippen molar-refractivity contribution in [2.75, 3.05) is 13.2 Å². The summed E-state index contributed by atoms with van der Waals surface area (Å²) < 4.78 is 12.8. The van der Waals surface area contributed by atoms with Crippen LogP contribution in [0.2, 0.25) is 0 Å². The lowest BCUT2D eigenvalue weighted by molar-refractivity contribution is -0.123. The molecule has 0 unspecified atom stereocenters. The van der Waals surface area contributed by atoms with Crippen molar-refractivity contribution >= 4 is 44.9 Å². The Morgan fingerprint density at radius 3 is 2.70 bits per heavy atom. The van der Waals surface area contributed by atoms with Crippen LogP contribution in [0.1, 0.15) is 36.7 Å². The molecular weight excluding hydrogens is 502 g/mol. The summed E-state index contributed by atoms with van der Waals surface area (Å²) in [4.78, 5) is 26.8. The molecule has 1 aliphatic heterocycles. The van der Waals surface area contributed by atoms with Crippen LogP contribution in [0.15, 0.2) is 68.4 Å². The normalized spacial score (nSPS) is 15.2. The zero-order chi connectivity index (χ0) is 23.5. The number of hydrogen-bond acceptors (Lipinski definition) is 5. The highest BCUT2D eigenvalue weighted by atomic mass is 79.9.